The average molecular weight is 325 g/mol. The second kappa shape index (κ2) is 5.96. The molecule has 0 N–H and O–H groups in total. The van der Waals surface area contributed by atoms with Crippen LogP contribution in [0.3, 0.4) is 0 Å². The summed E-state index contributed by atoms with van der Waals surface area (Å²) in [5, 5.41) is 4.54. The van der Waals surface area contributed by atoms with Gasteiger partial charge >= 0.3 is 0 Å². The molecule has 1 saturated heterocycles. The predicted octanol–water partition coefficient (Wildman–Crippen LogP) is 2.40. The molecule has 2 aliphatic rings. The number of rotatable bonds is 4. The van der Waals surface area contributed by atoms with E-state index in [0.717, 1.165) is 13.0 Å². The van der Waals surface area contributed by atoms with Crippen molar-refractivity contribution < 1.29 is 8.42 Å². The molecule has 0 bridgehead atoms. The maximum absolute atomic E-state index is 11.8. The quantitative estimate of drug-likeness (QED) is 0.853. The number of aromatic nitrogens is 2. The maximum atomic E-state index is 11.8. The summed E-state index contributed by atoms with van der Waals surface area (Å²) in [7, 11) is -0.839. The van der Waals surface area contributed by atoms with E-state index >= 15 is 0 Å². The van der Waals surface area contributed by atoms with Gasteiger partial charge in [-0.05, 0) is 33.2 Å². The van der Waals surface area contributed by atoms with E-state index in [2.05, 4.69) is 27.8 Å². The lowest BCUT2D eigenvalue weighted by Gasteiger charge is -2.34. The van der Waals surface area contributed by atoms with Crippen molar-refractivity contribution in [2.75, 3.05) is 18.6 Å². The highest BCUT2D eigenvalue weighted by Gasteiger charge is 2.41. The van der Waals surface area contributed by atoms with Gasteiger partial charge in [0.1, 0.15) is 0 Å². The molecule has 3 rings (SSSR count). The summed E-state index contributed by atoms with van der Waals surface area (Å²) in [6.07, 6.45) is 11.2. The van der Waals surface area contributed by atoms with Gasteiger partial charge in [-0.3, -0.25) is 9.58 Å². The number of hydrogen-bond donors (Lipinski definition) is 0. The van der Waals surface area contributed by atoms with E-state index in [9.17, 15) is 8.42 Å². The maximum Gasteiger partial charge on any atom is 0.152 e. The van der Waals surface area contributed by atoms with Crippen LogP contribution in [0.15, 0.2) is 12.4 Å². The van der Waals surface area contributed by atoms with Gasteiger partial charge in [0.15, 0.2) is 9.84 Å². The van der Waals surface area contributed by atoms with Crippen LogP contribution in [0.4, 0.5) is 0 Å². The monoisotopic (exact) mass is 325 g/mol. The molecule has 2 heterocycles. The van der Waals surface area contributed by atoms with E-state index in [1.165, 1.54) is 37.7 Å². The summed E-state index contributed by atoms with van der Waals surface area (Å²) in [5.74, 6) is 0.586. The molecule has 5 nitrogen and oxygen atoms in total. The van der Waals surface area contributed by atoms with Gasteiger partial charge in [-0.15, -0.1) is 0 Å². The molecular formula is C16H27N3O2S. The van der Waals surface area contributed by atoms with E-state index in [1.807, 2.05) is 13.2 Å². The molecule has 0 aromatic carbocycles. The molecule has 1 aliphatic heterocycles. The van der Waals surface area contributed by atoms with E-state index in [1.54, 1.807) is 0 Å². The van der Waals surface area contributed by atoms with Gasteiger partial charge in [0.2, 0.25) is 0 Å². The van der Waals surface area contributed by atoms with Gasteiger partial charge in [0, 0.05) is 23.8 Å². The third-order valence-electron chi connectivity index (χ3n) is 5.43. The molecule has 2 fully saturated rings. The van der Waals surface area contributed by atoms with Crippen molar-refractivity contribution in [1.82, 2.24) is 14.7 Å². The molecule has 1 aromatic rings. The topological polar surface area (TPSA) is 55.2 Å². The Labute approximate surface area is 133 Å². The fraction of sp³-hybridized carbons (Fsp3) is 0.812. The molecule has 0 radical (unpaired) electrons. The lowest BCUT2D eigenvalue weighted by atomic mass is 9.96. The van der Waals surface area contributed by atoms with Crippen molar-refractivity contribution in [2.24, 2.45) is 0 Å². The van der Waals surface area contributed by atoms with Gasteiger partial charge in [-0.2, -0.15) is 5.10 Å². The first-order valence-electron chi connectivity index (χ1n) is 8.33. The van der Waals surface area contributed by atoms with E-state index in [-0.39, 0.29) is 11.3 Å². The van der Waals surface area contributed by atoms with Gasteiger partial charge in [-0.1, -0.05) is 19.3 Å². The summed E-state index contributed by atoms with van der Waals surface area (Å²) >= 11 is 0. The van der Waals surface area contributed by atoms with E-state index < -0.39 is 9.84 Å². The second-order valence-electron chi connectivity index (χ2n) is 7.32. The zero-order chi connectivity index (χ0) is 15.8. The van der Waals surface area contributed by atoms with Gasteiger partial charge < -0.3 is 0 Å². The van der Waals surface area contributed by atoms with Crippen molar-refractivity contribution in [2.45, 2.75) is 63.6 Å². The van der Waals surface area contributed by atoms with E-state index in [4.69, 9.17) is 0 Å². The molecule has 0 unspecified atom stereocenters. The summed E-state index contributed by atoms with van der Waals surface area (Å²) in [4.78, 5) is 2.18. The minimum absolute atomic E-state index is 0.244. The van der Waals surface area contributed by atoms with Crippen molar-refractivity contribution in [3.63, 3.8) is 0 Å². The van der Waals surface area contributed by atoms with Crippen LogP contribution < -0.4 is 0 Å². The number of hydrogen-bond acceptors (Lipinski definition) is 4. The zero-order valence-corrected chi connectivity index (χ0v) is 14.5. The fourth-order valence-corrected chi connectivity index (χ4v) is 5.97. The van der Waals surface area contributed by atoms with Crippen molar-refractivity contribution >= 4 is 9.84 Å². The molecule has 124 valence electrons. The van der Waals surface area contributed by atoms with Crippen LogP contribution in [0, 0.1) is 0 Å². The molecular weight excluding hydrogens is 298 g/mol. The minimum Gasteiger partial charge on any atom is -0.296 e. The van der Waals surface area contributed by atoms with Crippen LogP contribution in [-0.2, 0) is 16.4 Å². The normalized spacial score (nSPS) is 29.2. The SMILES string of the molecule is CN(Cc1cnn(C2CCCCC2)c1)[C@@]1(C)CCS(=O)(=O)C1. The van der Waals surface area contributed by atoms with Crippen molar-refractivity contribution in [3.05, 3.63) is 18.0 Å². The van der Waals surface area contributed by atoms with Gasteiger partial charge in [0.25, 0.3) is 0 Å². The van der Waals surface area contributed by atoms with E-state index in [0.29, 0.717) is 11.8 Å². The number of sulfone groups is 1. The lowest BCUT2D eigenvalue weighted by Crippen LogP contribution is -2.44. The predicted molar refractivity (Wildman–Crippen MR) is 87.5 cm³/mol. The molecule has 22 heavy (non-hydrogen) atoms. The Bertz CT molecular complexity index is 619. The average Bonchev–Trinajstić information content (AvgIpc) is 3.05. The lowest BCUT2D eigenvalue weighted by molar-refractivity contribution is 0.154. The van der Waals surface area contributed by atoms with Crippen molar-refractivity contribution in [3.8, 4) is 0 Å². The Balaban J connectivity index is 1.64. The first kappa shape index (κ1) is 16.0. The van der Waals surface area contributed by atoms with Crippen LogP contribution in [0.5, 0.6) is 0 Å². The summed E-state index contributed by atoms with van der Waals surface area (Å²) in [6, 6.07) is 0.551. The van der Waals surface area contributed by atoms with Gasteiger partial charge in [-0.25, -0.2) is 8.42 Å². The molecule has 1 saturated carbocycles. The fourth-order valence-electron chi connectivity index (χ4n) is 3.76. The Kier molecular flexibility index (Phi) is 4.34. The highest BCUT2D eigenvalue weighted by atomic mass is 32.2. The molecule has 0 spiro atoms. The van der Waals surface area contributed by atoms with Crippen LogP contribution in [0.2, 0.25) is 0 Å². The Morgan fingerprint density at radius 3 is 2.73 bits per heavy atom. The third-order valence-corrected chi connectivity index (χ3v) is 7.32. The Morgan fingerprint density at radius 1 is 1.36 bits per heavy atom. The standard InChI is InChI=1S/C16H27N3O2S/c1-16(8-9-22(20,21)13-16)18(2)11-14-10-17-19(12-14)15-6-4-3-5-7-15/h10,12,15H,3-9,11,13H2,1-2H3/t16-/m0/s1. The summed E-state index contributed by atoms with van der Waals surface area (Å²) in [5.41, 5.74) is 0.935. The smallest absolute Gasteiger partial charge is 0.152 e. The zero-order valence-electron chi connectivity index (χ0n) is 13.7. The molecule has 6 heteroatoms. The first-order valence-corrected chi connectivity index (χ1v) is 10.1. The summed E-state index contributed by atoms with van der Waals surface area (Å²) < 4.78 is 25.7. The number of nitrogens with zero attached hydrogens (tertiary/aromatic N) is 3. The highest BCUT2D eigenvalue weighted by Crippen LogP contribution is 2.30. The Morgan fingerprint density at radius 2 is 2.09 bits per heavy atom. The highest BCUT2D eigenvalue weighted by molar-refractivity contribution is 7.91. The summed E-state index contributed by atoms with van der Waals surface area (Å²) in [6.45, 7) is 2.82. The molecule has 1 aliphatic carbocycles. The van der Waals surface area contributed by atoms with Crippen molar-refractivity contribution in [1.29, 1.82) is 0 Å². The van der Waals surface area contributed by atoms with Gasteiger partial charge in [0.05, 0.1) is 23.7 Å². The largest absolute Gasteiger partial charge is 0.296 e. The first-order chi connectivity index (χ1) is 10.4. The van der Waals surface area contributed by atoms with Crippen LogP contribution in [0.1, 0.15) is 57.1 Å². The second-order valence-corrected chi connectivity index (χ2v) is 9.50. The Hall–Kier alpha value is -0.880. The molecule has 1 atom stereocenters. The third kappa shape index (κ3) is 3.38. The van der Waals surface area contributed by atoms with Crippen LogP contribution >= 0.6 is 0 Å². The molecule has 0 amide bonds. The molecule has 1 aromatic heterocycles. The van der Waals surface area contributed by atoms with Crippen LogP contribution in [0.25, 0.3) is 0 Å². The van der Waals surface area contributed by atoms with Crippen LogP contribution in [-0.4, -0.2) is 47.2 Å². The minimum atomic E-state index is -2.87.